The van der Waals surface area contributed by atoms with Gasteiger partial charge in [0.2, 0.25) is 5.91 Å². The van der Waals surface area contributed by atoms with Crippen LogP contribution in [0.15, 0.2) is 24.8 Å². The summed E-state index contributed by atoms with van der Waals surface area (Å²) in [6, 6.07) is 3.98. The Morgan fingerprint density at radius 2 is 1.96 bits per heavy atom. The quantitative estimate of drug-likeness (QED) is 0.674. The van der Waals surface area contributed by atoms with Crippen LogP contribution in [0.1, 0.15) is 48.9 Å². The molecule has 1 aliphatic carbocycles. The molecule has 0 bridgehead atoms. The number of rotatable bonds is 6. The number of carbonyl (C=O) groups is 2. The standard InChI is InChI=1S/C19H27N5O2/c1-2-17(25)21-14-10-11-24(12-14)16-9-8-15(18(20)26)19(23-16)22-13-6-4-3-5-7-13/h2,8-9,13-14H,1,3-7,10-12H2,(H2,20,26)(H,21,25)(H,22,23)/t14-/m0/s1. The van der Waals surface area contributed by atoms with E-state index in [9.17, 15) is 9.59 Å². The Bertz CT molecular complexity index is 685. The number of nitrogens with one attached hydrogen (secondary N) is 2. The van der Waals surface area contributed by atoms with E-state index in [1.54, 1.807) is 6.07 Å². The second-order valence-electron chi connectivity index (χ2n) is 7.05. The summed E-state index contributed by atoms with van der Waals surface area (Å²) in [4.78, 5) is 30.1. The van der Waals surface area contributed by atoms with Crippen molar-refractivity contribution < 1.29 is 9.59 Å². The third kappa shape index (κ3) is 4.33. The zero-order chi connectivity index (χ0) is 18.5. The van der Waals surface area contributed by atoms with Gasteiger partial charge >= 0.3 is 0 Å². The summed E-state index contributed by atoms with van der Waals surface area (Å²) in [7, 11) is 0. The molecule has 3 rings (SSSR count). The lowest BCUT2D eigenvalue weighted by Crippen LogP contribution is -2.36. The van der Waals surface area contributed by atoms with Gasteiger partial charge in [0.1, 0.15) is 11.6 Å². The van der Waals surface area contributed by atoms with Gasteiger partial charge in [0.05, 0.1) is 5.56 Å². The molecule has 26 heavy (non-hydrogen) atoms. The van der Waals surface area contributed by atoms with Crippen molar-refractivity contribution in [3.05, 3.63) is 30.4 Å². The summed E-state index contributed by atoms with van der Waals surface area (Å²) in [5.74, 6) is 0.734. The van der Waals surface area contributed by atoms with Crippen molar-refractivity contribution in [3.63, 3.8) is 0 Å². The molecule has 7 heteroatoms. The van der Waals surface area contributed by atoms with Gasteiger partial charge in [-0.1, -0.05) is 25.8 Å². The molecule has 2 aliphatic rings. The summed E-state index contributed by atoms with van der Waals surface area (Å²) in [5.41, 5.74) is 5.95. The molecule has 2 amide bonds. The van der Waals surface area contributed by atoms with Crippen molar-refractivity contribution in [2.24, 2.45) is 5.73 Å². The van der Waals surface area contributed by atoms with Crippen LogP contribution in [0.4, 0.5) is 11.6 Å². The highest BCUT2D eigenvalue weighted by Crippen LogP contribution is 2.26. The highest BCUT2D eigenvalue weighted by atomic mass is 16.1. The first-order valence-electron chi connectivity index (χ1n) is 9.32. The number of nitrogens with two attached hydrogens (primary N) is 1. The number of pyridine rings is 1. The number of aromatic nitrogens is 1. The fourth-order valence-corrected chi connectivity index (χ4v) is 3.72. The second kappa shape index (κ2) is 8.21. The monoisotopic (exact) mass is 357 g/mol. The van der Waals surface area contributed by atoms with Crippen molar-refractivity contribution in [1.82, 2.24) is 10.3 Å². The lowest BCUT2D eigenvalue weighted by molar-refractivity contribution is -0.117. The molecule has 2 fully saturated rings. The molecular weight excluding hydrogens is 330 g/mol. The van der Waals surface area contributed by atoms with Gasteiger partial charge in [0.25, 0.3) is 5.91 Å². The minimum Gasteiger partial charge on any atom is -0.367 e. The summed E-state index contributed by atoms with van der Waals surface area (Å²) in [6.45, 7) is 4.97. The van der Waals surface area contributed by atoms with E-state index in [0.717, 1.165) is 31.6 Å². The molecule has 7 nitrogen and oxygen atoms in total. The largest absolute Gasteiger partial charge is 0.367 e. The Morgan fingerprint density at radius 1 is 1.19 bits per heavy atom. The molecule has 2 heterocycles. The maximum Gasteiger partial charge on any atom is 0.252 e. The van der Waals surface area contributed by atoms with Crippen LogP contribution in [0, 0.1) is 0 Å². The molecule has 1 aromatic rings. The highest BCUT2D eigenvalue weighted by molar-refractivity contribution is 5.98. The number of amides is 2. The Labute approximate surface area is 154 Å². The van der Waals surface area contributed by atoms with Gasteiger partial charge in [-0.3, -0.25) is 9.59 Å². The molecule has 1 saturated heterocycles. The fourth-order valence-electron chi connectivity index (χ4n) is 3.72. The van der Waals surface area contributed by atoms with E-state index in [2.05, 4.69) is 27.1 Å². The van der Waals surface area contributed by atoms with E-state index in [-0.39, 0.29) is 11.9 Å². The van der Waals surface area contributed by atoms with Crippen LogP contribution in [0.5, 0.6) is 0 Å². The van der Waals surface area contributed by atoms with Gasteiger partial charge in [-0.2, -0.15) is 0 Å². The van der Waals surface area contributed by atoms with Crippen LogP contribution in [0.3, 0.4) is 0 Å². The van der Waals surface area contributed by atoms with Crippen LogP contribution in [-0.4, -0.2) is 42.0 Å². The molecule has 0 radical (unpaired) electrons. The normalized spacial score (nSPS) is 20.6. The first-order valence-corrected chi connectivity index (χ1v) is 9.32. The predicted octanol–water partition coefficient (Wildman–Crippen LogP) is 1.81. The average molecular weight is 357 g/mol. The maximum absolute atomic E-state index is 11.8. The van der Waals surface area contributed by atoms with Gasteiger partial charge in [0.15, 0.2) is 0 Å². The average Bonchev–Trinajstić information content (AvgIpc) is 3.10. The second-order valence-corrected chi connectivity index (χ2v) is 7.05. The van der Waals surface area contributed by atoms with E-state index in [4.69, 9.17) is 5.73 Å². The maximum atomic E-state index is 11.8. The topological polar surface area (TPSA) is 100 Å². The highest BCUT2D eigenvalue weighted by Gasteiger charge is 2.25. The van der Waals surface area contributed by atoms with Crippen molar-refractivity contribution in [2.45, 2.75) is 50.6 Å². The SMILES string of the molecule is C=CC(=O)N[C@H]1CCN(c2ccc(C(N)=O)c(NC3CCCCC3)n2)C1. The van der Waals surface area contributed by atoms with Gasteiger partial charge in [-0.05, 0) is 37.5 Å². The molecule has 0 unspecified atom stereocenters. The number of carbonyl (C=O) groups excluding carboxylic acids is 2. The zero-order valence-electron chi connectivity index (χ0n) is 15.0. The van der Waals surface area contributed by atoms with Crippen molar-refractivity contribution in [2.75, 3.05) is 23.3 Å². The summed E-state index contributed by atoms with van der Waals surface area (Å²) < 4.78 is 0. The lowest BCUT2D eigenvalue weighted by Gasteiger charge is -2.25. The van der Waals surface area contributed by atoms with Crippen LogP contribution in [0.2, 0.25) is 0 Å². The Hall–Kier alpha value is -2.57. The van der Waals surface area contributed by atoms with E-state index >= 15 is 0 Å². The molecule has 1 saturated carbocycles. The van der Waals surface area contributed by atoms with Crippen LogP contribution in [-0.2, 0) is 4.79 Å². The predicted molar refractivity (Wildman–Crippen MR) is 102 cm³/mol. The van der Waals surface area contributed by atoms with E-state index in [1.807, 2.05) is 6.07 Å². The first kappa shape index (κ1) is 18.2. The lowest BCUT2D eigenvalue weighted by atomic mass is 9.95. The molecule has 1 aliphatic heterocycles. The number of anilines is 2. The van der Waals surface area contributed by atoms with Crippen LogP contribution >= 0.6 is 0 Å². The smallest absolute Gasteiger partial charge is 0.252 e. The van der Waals surface area contributed by atoms with E-state index in [1.165, 1.54) is 25.3 Å². The van der Waals surface area contributed by atoms with Gasteiger partial charge < -0.3 is 21.3 Å². The minimum atomic E-state index is -0.472. The Kier molecular flexibility index (Phi) is 5.75. The van der Waals surface area contributed by atoms with Gasteiger partial charge in [-0.25, -0.2) is 4.98 Å². The molecule has 1 aromatic heterocycles. The van der Waals surface area contributed by atoms with E-state index in [0.29, 0.717) is 24.0 Å². The fraction of sp³-hybridized carbons (Fsp3) is 0.526. The molecule has 0 aromatic carbocycles. The first-order chi connectivity index (χ1) is 12.6. The summed E-state index contributed by atoms with van der Waals surface area (Å²) >= 11 is 0. The van der Waals surface area contributed by atoms with Gasteiger partial charge in [0, 0.05) is 25.2 Å². The third-order valence-corrected chi connectivity index (χ3v) is 5.14. The Morgan fingerprint density at radius 3 is 2.65 bits per heavy atom. The van der Waals surface area contributed by atoms with Gasteiger partial charge in [-0.15, -0.1) is 0 Å². The van der Waals surface area contributed by atoms with E-state index < -0.39 is 5.91 Å². The van der Waals surface area contributed by atoms with Crippen LogP contribution in [0.25, 0.3) is 0 Å². The zero-order valence-corrected chi connectivity index (χ0v) is 15.0. The van der Waals surface area contributed by atoms with Crippen molar-refractivity contribution in [3.8, 4) is 0 Å². The summed E-state index contributed by atoms with van der Waals surface area (Å²) in [6.07, 6.45) is 7.96. The van der Waals surface area contributed by atoms with Crippen molar-refractivity contribution in [1.29, 1.82) is 0 Å². The molecule has 140 valence electrons. The third-order valence-electron chi connectivity index (χ3n) is 5.14. The Balaban J connectivity index is 1.73. The number of hydrogen-bond donors (Lipinski definition) is 3. The number of primary amides is 1. The van der Waals surface area contributed by atoms with Crippen molar-refractivity contribution >= 4 is 23.5 Å². The minimum absolute atomic E-state index is 0.0767. The number of nitrogens with zero attached hydrogens (tertiary/aromatic N) is 2. The number of hydrogen-bond acceptors (Lipinski definition) is 5. The molecule has 0 spiro atoms. The molecular formula is C19H27N5O2. The molecule has 4 N–H and O–H groups in total. The molecule has 1 atom stereocenters. The summed E-state index contributed by atoms with van der Waals surface area (Å²) in [5, 5.41) is 6.35. The van der Waals surface area contributed by atoms with Crippen LogP contribution < -0.4 is 21.3 Å².